The second-order valence-corrected chi connectivity index (χ2v) is 7.56. The zero-order valence-corrected chi connectivity index (χ0v) is 16.6. The normalized spacial score (nSPS) is 16.3. The van der Waals surface area contributed by atoms with Crippen LogP contribution in [0, 0.1) is 6.92 Å². The van der Waals surface area contributed by atoms with Gasteiger partial charge in [-0.2, -0.15) is 0 Å². The fourth-order valence-corrected chi connectivity index (χ4v) is 3.69. The van der Waals surface area contributed by atoms with Crippen molar-refractivity contribution in [3.63, 3.8) is 0 Å². The summed E-state index contributed by atoms with van der Waals surface area (Å²) in [5.41, 5.74) is 5.15. The van der Waals surface area contributed by atoms with E-state index in [0.717, 1.165) is 36.2 Å². The van der Waals surface area contributed by atoms with E-state index in [9.17, 15) is 8.78 Å². The molecule has 3 heterocycles. The molecule has 0 unspecified atom stereocenters. The van der Waals surface area contributed by atoms with Crippen LogP contribution in [0.3, 0.4) is 0 Å². The number of fused-ring (bicyclic) bond motifs is 1. The molecule has 1 N–H and O–H groups in total. The minimum Gasteiger partial charge on any atom is -0.395 e. The average molecular weight is 432 g/mol. The standard InChI is InChI=1S/C21H16ClF2N3O3/c1-11-15(10-28-27-11)20(12-3-2-4-12)26-19-6-5-13(9-25-19)14-7-17-18(8-16(14)22)30-21(23,24)29-17/h5-10H,2-4H2,1H3,(H,25,26). The summed E-state index contributed by atoms with van der Waals surface area (Å²) in [5.74, 6) is 0.472. The molecule has 30 heavy (non-hydrogen) atoms. The molecule has 3 aromatic rings. The molecule has 1 aliphatic carbocycles. The number of benzene rings is 1. The van der Waals surface area contributed by atoms with E-state index in [4.69, 9.17) is 16.1 Å². The molecular formula is C21H16ClF2N3O3. The van der Waals surface area contributed by atoms with Crippen molar-refractivity contribution in [3.05, 3.63) is 58.6 Å². The molecule has 1 aromatic carbocycles. The third-order valence-electron chi connectivity index (χ3n) is 5.15. The van der Waals surface area contributed by atoms with Crippen molar-refractivity contribution >= 4 is 23.1 Å². The zero-order valence-electron chi connectivity index (χ0n) is 15.8. The zero-order chi connectivity index (χ0) is 20.9. The number of hydrogen-bond acceptors (Lipinski definition) is 6. The highest BCUT2D eigenvalue weighted by molar-refractivity contribution is 6.33. The topological polar surface area (TPSA) is 69.4 Å². The number of hydrogen-bond donors (Lipinski definition) is 1. The number of nitrogens with zero attached hydrogens (tertiary/aromatic N) is 2. The maximum Gasteiger partial charge on any atom is 0.586 e. The molecule has 5 rings (SSSR count). The van der Waals surface area contributed by atoms with E-state index >= 15 is 0 Å². The van der Waals surface area contributed by atoms with Crippen molar-refractivity contribution < 1.29 is 22.8 Å². The maximum absolute atomic E-state index is 13.3. The van der Waals surface area contributed by atoms with Crippen molar-refractivity contribution in [2.45, 2.75) is 32.5 Å². The van der Waals surface area contributed by atoms with Gasteiger partial charge < -0.3 is 19.3 Å². The van der Waals surface area contributed by atoms with Crippen LogP contribution in [-0.4, -0.2) is 16.4 Å². The van der Waals surface area contributed by atoms with Gasteiger partial charge in [0.2, 0.25) is 0 Å². The van der Waals surface area contributed by atoms with Crippen molar-refractivity contribution in [2.75, 3.05) is 5.32 Å². The van der Waals surface area contributed by atoms with Gasteiger partial charge >= 0.3 is 6.29 Å². The number of ether oxygens (including phenoxy) is 2. The SMILES string of the molecule is Cc1nocc1C(Nc1ccc(-c2cc3c(cc2Cl)OC(F)(F)O3)cn1)=C1CCC1. The number of alkyl halides is 2. The van der Waals surface area contributed by atoms with E-state index in [0.29, 0.717) is 16.9 Å². The van der Waals surface area contributed by atoms with Crippen LogP contribution >= 0.6 is 11.6 Å². The Bertz CT molecular complexity index is 1150. The number of nitrogens with one attached hydrogen (secondary N) is 1. The largest absolute Gasteiger partial charge is 0.586 e. The Labute approximate surface area is 175 Å². The minimum atomic E-state index is -3.69. The predicted molar refractivity (Wildman–Crippen MR) is 107 cm³/mol. The van der Waals surface area contributed by atoms with Gasteiger partial charge in [-0.1, -0.05) is 16.8 Å². The molecule has 6 nitrogen and oxygen atoms in total. The van der Waals surface area contributed by atoms with E-state index in [1.54, 1.807) is 24.6 Å². The van der Waals surface area contributed by atoms with Crippen LogP contribution in [0.4, 0.5) is 14.6 Å². The molecule has 0 atom stereocenters. The van der Waals surface area contributed by atoms with Gasteiger partial charge in [-0.25, -0.2) is 4.98 Å². The first-order valence-corrected chi connectivity index (χ1v) is 9.73. The van der Waals surface area contributed by atoms with Gasteiger partial charge in [0, 0.05) is 23.4 Å². The summed E-state index contributed by atoms with van der Waals surface area (Å²) in [5, 5.41) is 7.58. The summed E-state index contributed by atoms with van der Waals surface area (Å²) in [6.45, 7) is 1.89. The lowest BCUT2D eigenvalue weighted by molar-refractivity contribution is -0.286. The van der Waals surface area contributed by atoms with Crippen molar-refractivity contribution in [1.29, 1.82) is 0 Å². The van der Waals surface area contributed by atoms with Gasteiger partial charge in [0.1, 0.15) is 12.1 Å². The number of pyridine rings is 1. The Morgan fingerprint density at radius 3 is 2.53 bits per heavy atom. The van der Waals surface area contributed by atoms with E-state index in [-0.39, 0.29) is 16.5 Å². The number of anilines is 1. The number of allylic oxidation sites excluding steroid dienone is 1. The van der Waals surface area contributed by atoms with Crippen LogP contribution in [-0.2, 0) is 0 Å². The van der Waals surface area contributed by atoms with Crippen LogP contribution in [0.25, 0.3) is 16.8 Å². The molecule has 2 aliphatic rings. The number of halogens is 3. The fraction of sp³-hybridized carbons (Fsp3) is 0.238. The third kappa shape index (κ3) is 3.37. The van der Waals surface area contributed by atoms with Gasteiger partial charge in [0.25, 0.3) is 0 Å². The molecule has 0 radical (unpaired) electrons. The van der Waals surface area contributed by atoms with Crippen LogP contribution in [0.2, 0.25) is 5.02 Å². The lowest BCUT2D eigenvalue weighted by atomic mass is 9.88. The second-order valence-electron chi connectivity index (χ2n) is 7.15. The summed E-state index contributed by atoms with van der Waals surface area (Å²) in [4.78, 5) is 4.46. The highest BCUT2D eigenvalue weighted by atomic mass is 35.5. The molecule has 1 saturated carbocycles. The Morgan fingerprint density at radius 1 is 1.17 bits per heavy atom. The summed E-state index contributed by atoms with van der Waals surface area (Å²) < 4.78 is 40.6. The van der Waals surface area contributed by atoms with E-state index in [2.05, 4.69) is 24.9 Å². The third-order valence-corrected chi connectivity index (χ3v) is 5.46. The van der Waals surface area contributed by atoms with Gasteiger partial charge in [-0.15, -0.1) is 8.78 Å². The van der Waals surface area contributed by atoms with Gasteiger partial charge in [-0.05, 0) is 50.0 Å². The first-order valence-electron chi connectivity index (χ1n) is 9.36. The smallest absolute Gasteiger partial charge is 0.395 e. The molecule has 0 saturated heterocycles. The fourth-order valence-electron chi connectivity index (χ4n) is 3.43. The van der Waals surface area contributed by atoms with Gasteiger partial charge in [-0.3, -0.25) is 0 Å². The Hall–Kier alpha value is -3.13. The van der Waals surface area contributed by atoms with Gasteiger partial charge in [0.05, 0.1) is 22.0 Å². The van der Waals surface area contributed by atoms with Crippen LogP contribution in [0.15, 0.2) is 46.8 Å². The Morgan fingerprint density at radius 2 is 1.93 bits per heavy atom. The molecule has 1 fully saturated rings. The summed E-state index contributed by atoms with van der Waals surface area (Å²) >= 11 is 6.26. The Kier molecular flexibility index (Phi) is 4.39. The van der Waals surface area contributed by atoms with E-state index < -0.39 is 6.29 Å². The molecule has 1 aliphatic heterocycles. The van der Waals surface area contributed by atoms with Crippen LogP contribution in [0.1, 0.15) is 30.5 Å². The first kappa shape index (κ1) is 18.9. The average Bonchev–Trinajstić information content (AvgIpc) is 3.20. The summed E-state index contributed by atoms with van der Waals surface area (Å²) in [6, 6.07) is 6.34. The van der Waals surface area contributed by atoms with Crippen molar-refractivity contribution in [1.82, 2.24) is 10.1 Å². The van der Waals surface area contributed by atoms with Gasteiger partial charge in [0.15, 0.2) is 11.5 Å². The van der Waals surface area contributed by atoms with E-state index in [1.165, 1.54) is 17.7 Å². The minimum absolute atomic E-state index is 0.0680. The van der Waals surface area contributed by atoms with Crippen molar-refractivity contribution in [3.8, 4) is 22.6 Å². The summed E-state index contributed by atoms with van der Waals surface area (Å²) in [7, 11) is 0. The molecule has 0 spiro atoms. The second kappa shape index (κ2) is 6.98. The van der Waals surface area contributed by atoms with Crippen molar-refractivity contribution in [2.24, 2.45) is 0 Å². The molecule has 154 valence electrons. The highest BCUT2D eigenvalue weighted by Gasteiger charge is 2.43. The molecule has 0 bridgehead atoms. The van der Waals surface area contributed by atoms with Crippen LogP contribution < -0.4 is 14.8 Å². The monoisotopic (exact) mass is 431 g/mol. The first-order chi connectivity index (χ1) is 14.4. The molecule has 2 aromatic heterocycles. The maximum atomic E-state index is 13.3. The van der Waals surface area contributed by atoms with Crippen LogP contribution in [0.5, 0.6) is 11.5 Å². The van der Waals surface area contributed by atoms with E-state index in [1.807, 2.05) is 6.92 Å². The highest BCUT2D eigenvalue weighted by Crippen LogP contribution is 2.46. The molecular weight excluding hydrogens is 416 g/mol. The number of rotatable bonds is 4. The molecule has 9 heteroatoms. The quantitative estimate of drug-likeness (QED) is 0.544. The Balaban J connectivity index is 1.42. The number of aromatic nitrogens is 2. The lowest BCUT2D eigenvalue weighted by Gasteiger charge is -2.22. The summed E-state index contributed by atoms with van der Waals surface area (Å²) in [6.07, 6.45) is 2.73. The number of aryl methyl sites for hydroxylation is 1. The predicted octanol–water partition coefficient (Wildman–Crippen LogP) is 6.03. The lowest BCUT2D eigenvalue weighted by Crippen LogP contribution is -2.25. The molecule has 0 amide bonds.